The Labute approximate surface area is 105 Å². The van der Waals surface area contributed by atoms with Gasteiger partial charge in [0.1, 0.15) is 0 Å². The molecule has 0 radical (unpaired) electrons. The summed E-state index contributed by atoms with van der Waals surface area (Å²) in [6, 6.07) is 6.38. The van der Waals surface area contributed by atoms with Crippen LogP contribution < -0.4 is 5.73 Å². The Morgan fingerprint density at radius 1 is 1.06 bits per heavy atom. The molecule has 0 saturated heterocycles. The molecule has 0 atom stereocenters. The van der Waals surface area contributed by atoms with Crippen molar-refractivity contribution < 1.29 is 5.11 Å². The minimum absolute atomic E-state index is 0.234. The minimum atomic E-state index is 0.234. The van der Waals surface area contributed by atoms with Crippen LogP contribution in [0.2, 0.25) is 0 Å². The van der Waals surface area contributed by atoms with Crippen molar-refractivity contribution in [3.63, 3.8) is 0 Å². The maximum Gasteiger partial charge on any atom is 0.0434 e. The molecule has 2 nitrogen and oxygen atoms in total. The molecule has 0 bridgehead atoms. The quantitative estimate of drug-likeness (QED) is 0.536. The highest BCUT2D eigenvalue weighted by Crippen LogP contribution is 2.18. The van der Waals surface area contributed by atoms with Gasteiger partial charge >= 0.3 is 0 Å². The zero-order chi connectivity index (χ0) is 12.5. The average Bonchev–Trinajstić information content (AvgIpc) is 2.34. The number of aliphatic hydroxyl groups excluding tert-OH is 1. The van der Waals surface area contributed by atoms with Crippen LogP contribution in [-0.2, 0) is 12.8 Å². The fraction of sp³-hybridized carbons (Fsp3) is 0.600. The minimum Gasteiger partial charge on any atom is -0.398 e. The van der Waals surface area contributed by atoms with Gasteiger partial charge in [0, 0.05) is 12.3 Å². The summed E-state index contributed by atoms with van der Waals surface area (Å²) < 4.78 is 0. The molecule has 0 heterocycles. The second-order valence-corrected chi connectivity index (χ2v) is 4.67. The Morgan fingerprint density at radius 3 is 2.53 bits per heavy atom. The van der Waals surface area contributed by atoms with Gasteiger partial charge in [-0.1, -0.05) is 38.3 Å². The fourth-order valence-corrected chi connectivity index (χ4v) is 2.05. The monoisotopic (exact) mass is 235 g/mol. The van der Waals surface area contributed by atoms with E-state index in [0.29, 0.717) is 0 Å². The number of hydrogen-bond donors (Lipinski definition) is 2. The lowest BCUT2D eigenvalue weighted by Crippen LogP contribution is -1.98. The summed E-state index contributed by atoms with van der Waals surface area (Å²) in [6.45, 7) is 2.46. The summed E-state index contributed by atoms with van der Waals surface area (Å²) in [5.41, 5.74) is 9.39. The van der Waals surface area contributed by atoms with Crippen LogP contribution in [0.3, 0.4) is 0 Å². The first-order valence-electron chi connectivity index (χ1n) is 6.76. The number of anilines is 1. The third-order valence-corrected chi connectivity index (χ3v) is 3.13. The molecule has 0 aliphatic carbocycles. The Balaban J connectivity index is 2.44. The molecule has 0 amide bonds. The van der Waals surface area contributed by atoms with Gasteiger partial charge in [0.25, 0.3) is 0 Å². The van der Waals surface area contributed by atoms with E-state index in [9.17, 15) is 0 Å². The van der Waals surface area contributed by atoms with Gasteiger partial charge < -0.3 is 10.8 Å². The van der Waals surface area contributed by atoms with E-state index in [1.165, 1.54) is 31.2 Å². The molecular formula is C15H25NO. The average molecular weight is 235 g/mol. The second-order valence-electron chi connectivity index (χ2n) is 4.67. The SMILES string of the molecule is CCCCCCc1ccc(CCCO)c(N)c1. The molecule has 0 saturated carbocycles. The van der Waals surface area contributed by atoms with E-state index in [0.717, 1.165) is 30.5 Å². The summed E-state index contributed by atoms with van der Waals surface area (Å²) in [6.07, 6.45) is 7.96. The molecule has 1 aromatic carbocycles. The van der Waals surface area contributed by atoms with Crippen LogP contribution in [0.25, 0.3) is 0 Å². The van der Waals surface area contributed by atoms with Crippen molar-refractivity contribution >= 4 is 5.69 Å². The van der Waals surface area contributed by atoms with Gasteiger partial charge in [-0.2, -0.15) is 0 Å². The van der Waals surface area contributed by atoms with Crippen molar-refractivity contribution in [1.29, 1.82) is 0 Å². The Kier molecular flexibility index (Phi) is 6.71. The molecule has 1 rings (SSSR count). The third-order valence-electron chi connectivity index (χ3n) is 3.13. The van der Waals surface area contributed by atoms with Crippen molar-refractivity contribution in [2.75, 3.05) is 12.3 Å². The Hall–Kier alpha value is -1.02. The summed E-state index contributed by atoms with van der Waals surface area (Å²) in [4.78, 5) is 0. The number of rotatable bonds is 8. The van der Waals surface area contributed by atoms with E-state index in [4.69, 9.17) is 10.8 Å². The van der Waals surface area contributed by atoms with E-state index >= 15 is 0 Å². The summed E-state index contributed by atoms with van der Waals surface area (Å²) >= 11 is 0. The van der Waals surface area contributed by atoms with Crippen molar-refractivity contribution in [2.24, 2.45) is 0 Å². The highest BCUT2D eigenvalue weighted by Gasteiger charge is 2.01. The van der Waals surface area contributed by atoms with E-state index in [2.05, 4.69) is 25.1 Å². The smallest absolute Gasteiger partial charge is 0.0434 e. The number of nitrogen functional groups attached to an aromatic ring is 1. The van der Waals surface area contributed by atoms with Gasteiger partial charge in [-0.3, -0.25) is 0 Å². The number of unbranched alkanes of at least 4 members (excludes halogenated alkanes) is 3. The first-order valence-corrected chi connectivity index (χ1v) is 6.76. The zero-order valence-electron chi connectivity index (χ0n) is 10.9. The third kappa shape index (κ3) is 5.22. The summed E-state index contributed by atoms with van der Waals surface area (Å²) in [5, 5.41) is 8.80. The van der Waals surface area contributed by atoms with E-state index in [-0.39, 0.29) is 6.61 Å². The normalized spacial score (nSPS) is 10.7. The zero-order valence-corrected chi connectivity index (χ0v) is 10.9. The predicted octanol–water partition coefficient (Wildman–Crippen LogP) is 3.32. The molecule has 96 valence electrons. The molecule has 17 heavy (non-hydrogen) atoms. The molecule has 2 heteroatoms. The van der Waals surface area contributed by atoms with Crippen LogP contribution in [0, 0.1) is 0 Å². The second kappa shape index (κ2) is 8.13. The molecule has 0 aromatic heterocycles. The maximum atomic E-state index is 8.80. The van der Waals surface area contributed by atoms with Crippen LogP contribution in [0.4, 0.5) is 5.69 Å². The maximum absolute atomic E-state index is 8.80. The number of benzene rings is 1. The van der Waals surface area contributed by atoms with Gasteiger partial charge in [0.05, 0.1) is 0 Å². The van der Waals surface area contributed by atoms with Crippen LogP contribution in [0.5, 0.6) is 0 Å². The fourth-order valence-electron chi connectivity index (χ4n) is 2.05. The predicted molar refractivity (Wildman–Crippen MR) is 74.1 cm³/mol. The number of aryl methyl sites for hydroxylation is 2. The van der Waals surface area contributed by atoms with Gasteiger partial charge in [-0.25, -0.2) is 0 Å². The van der Waals surface area contributed by atoms with Crippen molar-refractivity contribution in [2.45, 2.75) is 51.9 Å². The molecule has 0 aliphatic rings. The van der Waals surface area contributed by atoms with Crippen LogP contribution in [-0.4, -0.2) is 11.7 Å². The van der Waals surface area contributed by atoms with Gasteiger partial charge in [-0.05, 0) is 42.9 Å². The van der Waals surface area contributed by atoms with Crippen LogP contribution in [0.15, 0.2) is 18.2 Å². The topological polar surface area (TPSA) is 46.2 Å². The van der Waals surface area contributed by atoms with Gasteiger partial charge in [0.15, 0.2) is 0 Å². The highest BCUT2D eigenvalue weighted by molar-refractivity contribution is 5.49. The van der Waals surface area contributed by atoms with Gasteiger partial charge in [0.2, 0.25) is 0 Å². The van der Waals surface area contributed by atoms with Crippen molar-refractivity contribution in [1.82, 2.24) is 0 Å². The first kappa shape index (κ1) is 14.0. The molecule has 0 fully saturated rings. The molecular weight excluding hydrogens is 210 g/mol. The van der Waals surface area contributed by atoms with Crippen LogP contribution >= 0.6 is 0 Å². The lowest BCUT2D eigenvalue weighted by Gasteiger charge is -2.08. The lowest BCUT2D eigenvalue weighted by molar-refractivity contribution is 0.288. The van der Waals surface area contributed by atoms with E-state index in [1.54, 1.807) is 0 Å². The molecule has 0 unspecified atom stereocenters. The number of hydrogen-bond acceptors (Lipinski definition) is 2. The molecule has 0 spiro atoms. The summed E-state index contributed by atoms with van der Waals surface area (Å²) in [7, 11) is 0. The van der Waals surface area contributed by atoms with Gasteiger partial charge in [-0.15, -0.1) is 0 Å². The number of aliphatic hydroxyl groups is 1. The molecule has 0 aliphatic heterocycles. The van der Waals surface area contributed by atoms with Crippen molar-refractivity contribution in [3.8, 4) is 0 Å². The molecule has 3 N–H and O–H groups in total. The lowest BCUT2D eigenvalue weighted by atomic mass is 10.0. The standard InChI is InChI=1S/C15H25NO/c1-2-3-4-5-7-13-9-10-14(8-6-11-17)15(16)12-13/h9-10,12,17H,2-8,11,16H2,1H3. The molecule has 1 aromatic rings. The number of nitrogens with two attached hydrogens (primary N) is 1. The van der Waals surface area contributed by atoms with Crippen molar-refractivity contribution in [3.05, 3.63) is 29.3 Å². The Bertz CT molecular complexity index is 323. The highest BCUT2D eigenvalue weighted by atomic mass is 16.2. The largest absolute Gasteiger partial charge is 0.398 e. The first-order chi connectivity index (χ1) is 8.27. The van der Waals surface area contributed by atoms with Crippen LogP contribution in [0.1, 0.15) is 50.2 Å². The van der Waals surface area contributed by atoms with E-state index < -0.39 is 0 Å². The summed E-state index contributed by atoms with van der Waals surface area (Å²) in [5.74, 6) is 0. The Morgan fingerprint density at radius 2 is 1.88 bits per heavy atom. The van der Waals surface area contributed by atoms with E-state index in [1.807, 2.05) is 0 Å².